The summed E-state index contributed by atoms with van der Waals surface area (Å²) in [6.07, 6.45) is -1.94. The van der Waals surface area contributed by atoms with Crippen LogP contribution in [0.4, 0.5) is 0 Å². The van der Waals surface area contributed by atoms with E-state index in [0.29, 0.717) is 0 Å². The molecule has 1 aliphatic rings. The largest absolute Gasteiger partial charge is 0.395 e. The number of hydrogen-bond donors (Lipinski definition) is 5. The Morgan fingerprint density at radius 2 is 1.93 bits per heavy atom. The van der Waals surface area contributed by atoms with E-state index >= 15 is 0 Å². The molecule has 14 heavy (non-hydrogen) atoms. The fourth-order valence-corrected chi connectivity index (χ4v) is 1.59. The summed E-state index contributed by atoms with van der Waals surface area (Å²) in [4.78, 5) is 11.0. The summed E-state index contributed by atoms with van der Waals surface area (Å²) in [5, 5.41) is 33.0. The lowest BCUT2D eigenvalue weighted by Gasteiger charge is -2.14. The number of aliphatic hydroxyl groups is 3. The molecule has 1 rings (SSSR count). The van der Waals surface area contributed by atoms with E-state index in [2.05, 4.69) is 10.6 Å². The summed E-state index contributed by atoms with van der Waals surface area (Å²) in [7, 11) is 1.50. The maximum atomic E-state index is 11.0. The van der Waals surface area contributed by atoms with Gasteiger partial charge in [0.1, 0.15) is 0 Å². The number of hydrogen-bond acceptors (Lipinski definition) is 5. The standard InChI is InChI=1S/C8H16N2O4/c1-9-6(12)2-4-7(13)8(14)5(3-11)10-4/h4-5,7-8,10-11,13-14H,2-3H2,1H3,(H,9,12)/t4-,5+,7+,8-/m0/s1. The molecule has 82 valence electrons. The van der Waals surface area contributed by atoms with Gasteiger partial charge < -0.3 is 26.0 Å². The molecule has 0 saturated carbocycles. The molecule has 0 aromatic rings. The molecule has 0 bridgehead atoms. The molecule has 0 spiro atoms. The molecule has 0 unspecified atom stereocenters. The Kier molecular flexibility index (Phi) is 3.82. The van der Waals surface area contributed by atoms with Gasteiger partial charge in [0.15, 0.2) is 0 Å². The number of amides is 1. The second kappa shape index (κ2) is 4.70. The zero-order valence-corrected chi connectivity index (χ0v) is 7.97. The number of carbonyl (C=O) groups excluding carboxylic acids is 1. The van der Waals surface area contributed by atoms with E-state index in [-0.39, 0.29) is 18.9 Å². The van der Waals surface area contributed by atoms with Crippen LogP contribution in [0.5, 0.6) is 0 Å². The first-order valence-corrected chi connectivity index (χ1v) is 4.53. The van der Waals surface area contributed by atoms with E-state index in [1.54, 1.807) is 0 Å². The van der Waals surface area contributed by atoms with E-state index in [4.69, 9.17) is 5.11 Å². The van der Waals surface area contributed by atoms with Crippen molar-refractivity contribution in [3.8, 4) is 0 Å². The molecule has 1 aliphatic heterocycles. The summed E-state index contributed by atoms with van der Waals surface area (Å²) in [5.41, 5.74) is 0. The van der Waals surface area contributed by atoms with Crippen molar-refractivity contribution in [1.82, 2.24) is 10.6 Å². The lowest BCUT2D eigenvalue weighted by atomic mass is 10.1. The number of aliphatic hydroxyl groups excluding tert-OH is 3. The van der Waals surface area contributed by atoms with Gasteiger partial charge in [-0.25, -0.2) is 0 Å². The molecule has 1 amide bonds. The maximum absolute atomic E-state index is 11.0. The Morgan fingerprint density at radius 3 is 2.36 bits per heavy atom. The van der Waals surface area contributed by atoms with Crippen LogP contribution in [0, 0.1) is 0 Å². The van der Waals surface area contributed by atoms with Crippen LogP contribution in [0.15, 0.2) is 0 Å². The molecule has 0 aromatic carbocycles. The molecular weight excluding hydrogens is 188 g/mol. The second-order valence-electron chi connectivity index (χ2n) is 3.42. The Hall–Kier alpha value is -0.690. The van der Waals surface area contributed by atoms with Crippen LogP contribution in [0.25, 0.3) is 0 Å². The molecule has 5 N–H and O–H groups in total. The summed E-state index contributed by atoms with van der Waals surface area (Å²) in [5.74, 6) is -0.215. The summed E-state index contributed by atoms with van der Waals surface area (Å²) in [6.45, 7) is -0.261. The minimum Gasteiger partial charge on any atom is -0.395 e. The van der Waals surface area contributed by atoms with Crippen LogP contribution in [-0.2, 0) is 4.79 Å². The third kappa shape index (κ3) is 2.21. The third-order valence-corrected chi connectivity index (χ3v) is 2.48. The Bertz CT molecular complexity index is 212. The Labute approximate surface area is 81.9 Å². The minimum absolute atomic E-state index is 0.0885. The molecule has 0 aliphatic carbocycles. The van der Waals surface area contributed by atoms with Gasteiger partial charge in [-0.3, -0.25) is 4.79 Å². The van der Waals surface area contributed by atoms with Crippen LogP contribution in [0.2, 0.25) is 0 Å². The Morgan fingerprint density at radius 1 is 1.36 bits per heavy atom. The summed E-state index contributed by atoms with van der Waals surface area (Å²) >= 11 is 0. The monoisotopic (exact) mass is 204 g/mol. The SMILES string of the molecule is CNC(=O)C[C@@H]1N[C@H](CO)[C@H](O)[C@@H]1O. The zero-order valence-electron chi connectivity index (χ0n) is 7.97. The van der Waals surface area contributed by atoms with E-state index in [1.165, 1.54) is 7.05 Å². The van der Waals surface area contributed by atoms with Crippen molar-refractivity contribution in [3.05, 3.63) is 0 Å². The normalized spacial score (nSPS) is 37.1. The average Bonchev–Trinajstić information content (AvgIpc) is 2.45. The lowest BCUT2D eigenvalue weighted by molar-refractivity contribution is -0.121. The van der Waals surface area contributed by atoms with Crippen molar-refractivity contribution in [2.75, 3.05) is 13.7 Å². The molecule has 0 aromatic heterocycles. The summed E-state index contributed by atoms with van der Waals surface area (Å²) in [6, 6.07) is -1.05. The first-order valence-electron chi connectivity index (χ1n) is 4.53. The van der Waals surface area contributed by atoms with Gasteiger partial charge in [0, 0.05) is 19.5 Å². The van der Waals surface area contributed by atoms with Crippen LogP contribution < -0.4 is 10.6 Å². The predicted molar refractivity (Wildman–Crippen MR) is 48.5 cm³/mol. The van der Waals surface area contributed by atoms with Crippen molar-refractivity contribution in [3.63, 3.8) is 0 Å². The van der Waals surface area contributed by atoms with Crippen LogP contribution in [0.3, 0.4) is 0 Å². The number of nitrogens with one attached hydrogen (secondary N) is 2. The average molecular weight is 204 g/mol. The quantitative estimate of drug-likeness (QED) is 0.341. The lowest BCUT2D eigenvalue weighted by Crippen LogP contribution is -2.38. The van der Waals surface area contributed by atoms with Crippen molar-refractivity contribution >= 4 is 5.91 Å². The highest BCUT2D eigenvalue weighted by molar-refractivity contribution is 5.76. The molecule has 6 nitrogen and oxygen atoms in total. The second-order valence-corrected chi connectivity index (χ2v) is 3.42. The molecule has 1 fully saturated rings. The van der Waals surface area contributed by atoms with E-state index in [9.17, 15) is 15.0 Å². The van der Waals surface area contributed by atoms with Gasteiger partial charge in [0.2, 0.25) is 5.91 Å². The van der Waals surface area contributed by atoms with Crippen molar-refractivity contribution in [2.45, 2.75) is 30.7 Å². The van der Waals surface area contributed by atoms with Gasteiger partial charge >= 0.3 is 0 Å². The number of carbonyl (C=O) groups is 1. The third-order valence-electron chi connectivity index (χ3n) is 2.48. The first kappa shape index (κ1) is 11.4. The van der Waals surface area contributed by atoms with E-state index < -0.39 is 24.3 Å². The van der Waals surface area contributed by atoms with Gasteiger partial charge in [-0.1, -0.05) is 0 Å². The fraction of sp³-hybridized carbons (Fsp3) is 0.875. The van der Waals surface area contributed by atoms with E-state index in [0.717, 1.165) is 0 Å². The first-order chi connectivity index (χ1) is 6.60. The van der Waals surface area contributed by atoms with Crippen molar-refractivity contribution in [1.29, 1.82) is 0 Å². The van der Waals surface area contributed by atoms with Gasteiger partial charge in [-0.2, -0.15) is 0 Å². The smallest absolute Gasteiger partial charge is 0.221 e. The maximum Gasteiger partial charge on any atom is 0.221 e. The van der Waals surface area contributed by atoms with Gasteiger partial charge in [-0.15, -0.1) is 0 Å². The molecule has 4 atom stereocenters. The van der Waals surface area contributed by atoms with Crippen LogP contribution in [0.1, 0.15) is 6.42 Å². The topological polar surface area (TPSA) is 102 Å². The van der Waals surface area contributed by atoms with Gasteiger partial charge in [0.25, 0.3) is 0 Å². The molecule has 6 heteroatoms. The fourth-order valence-electron chi connectivity index (χ4n) is 1.59. The molecule has 1 heterocycles. The highest BCUT2D eigenvalue weighted by Gasteiger charge is 2.41. The Balaban J connectivity index is 2.52. The molecule has 1 saturated heterocycles. The highest BCUT2D eigenvalue weighted by Crippen LogP contribution is 2.16. The van der Waals surface area contributed by atoms with Gasteiger partial charge in [0.05, 0.1) is 24.9 Å². The summed E-state index contributed by atoms with van der Waals surface area (Å²) < 4.78 is 0. The van der Waals surface area contributed by atoms with Crippen molar-refractivity contribution < 1.29 is 20.1 Å². The van der Waals surface area contributed by atoms with Crippen molar-refractivity contribution in [2.24, 2.45) is 0 Å². The number of rotatable bonds is 3. The molecule has 0 radical (unpaired) electrons. The highest BCUT2D eigenvalue weighted by atomic mass is 16.3. The van der Waals surface area contributed by atoms with E-state index in [1.807, 2.05) is 0 Å². The molecular formula is C8H16N2O4. The van der Waals surface area contributed by atoms with Gasteiger partial charge in [-0.05, 0) is 0 Å². The van der Waals surface area contributed by atoms with Crippen LogP contribution in [-0.4, -0.2) is 59.2 Å². The minimum atomic E-state index is -1.02. The predicted octanol–water partition coefficient (Wildman–Crippen LogP) is -2.82. The zero-order chi connectivity index (χ0) is 10.7. The van der Waals surface area contributed by atoms with Crippen LogP contribution >= 0.6 is 0 Å².